The molecule has 10 atom stereocenters. The van der Waals surface area contributed by atoms with Crippen LogP contribution in [0.1, 0.15) is 92.7 Å². The fourth-order valence-corrected chi connectivity index (χ4v) is 8.42. The second kappa shape index (κ2) is 21.5. The fourth-order valence-electron chi connectivity index (χ4n) is 7.53. The highest BCUT2D eigenvalue weighted by Gasteiger charge is 2.43. The van der Waals surface area contributed by atoms with E-state index in [1.54, 1.807) is 44.9 Å². The third kappa shape index (κ3) is 11.8. The van der Waals surface area contributed by atoms with Gasteiger partial charge in [-0.1, -0.05) is 85.2 Å². The number of carbonyl (C=O) groups excluding carboxylic acids is 4. The molecule has 4 amide bonds. The molecule has 296 valence electrons. The summed E-state index contributed by atoms with van der Waals surface area (Å²) in [5.41, 5.74) is 0.711. The molecule has 0 bridgehead atoms. The highest BCUT2D eigenvalue weighted by atomic mass is 127. The van der Waals surface area contributed by atoms with Crippen LogP contribution in [0.5, 0.6) is 0 Å². The Morgan fingerprint density at radius 1 is 0.942 bits per heavy atom. The fraction of sp³-hybridized carbons (Fsp3) is 0.744. The maximum Gasteiger partial charge on any atom is 0.245 e. The van der Waals surface area contributed by atoms with Gasteiger partial charge in [0.05, 0.1) is 48.8 Å². The van der Waals surface area contributed by atoms with E-state index in [2.05, 4.69) is 33.5 Å². The van der Waals surface area contributed by atoms with Crippen molar-refractivity contribution in [1.29, 1.82) is 0 Å². The van der Waals surface area contributed by atoms with Crippen molar-refractivity contribution in [2.45, 2.75) is 130 Å². The minimum Gasteiger partial charge on any atom is -0.386 e. The van der Waals surface area contributed by atoms with Crippen molar-refractivity contribution in [1.82, 2.24) is 23.5 Å². The molecule has 1 heterocycles. The first-order valence-corrected chi connectivity index (χ1v) is 19.7. The predicted molar refractivity (Wildman–Crippen MR) is 212 cm³/mol. The molecule has 1 fully saturated rings. The van der Waals surface area contributed by atoms with E-state index >= 15 is 0 Å². The Morgan fingerprint density at radius 2 is 1.56 bits per heavy atom. The number of halogens is 1. The largest absolute Gasteiger partial charge is 0.386 e. The normalized spacial score (nSPS) is 20.1. The average Bonchev–Trinajstić information content (AvgIpc) is 3.59. The number of hydrogen-bond acceptors (Lipinski definition) is 8. The molecule has 1 unspecified atom stereocenters. The highest BCUT2D eigenvalue weighted by Crippen LogP contribution is 2.30. The van der Waals surface area contributed by atoms with Crippen LogP contribution in [-0.4, -0.2) is 119 Å². The van der Waals surface area contributed by atoms with Crippen LogP contribution in [0.2, 0.25) is 0 Å². The summed E-state index contributed by atoms with van der Waals surface area (Å²) in [6.07, 6.45) is 0.143. The van der Waals surface area contributed by atoms with Gasteiger partial charge in [-0.05, 0) is 50.1 Å². The number of likely N-dealkylation sites (N-methyl/N-ethyl adjacent to an activating group) is 2. The molecule has 1 aromatic rings. The smallest absolute Gasteiger partial charge is 0.245 e. The molecular formula is C39H66IN5O7. The van der Waals surface area contributed by atoms with E-state index in [0.29, 0.717) is 18.5 Å². The minimum atomic E-state index is -0.876. The van der Waals surface area contributed by atoms with Crippen molar-refractivity contribution in [2.24, 2.45) is 23.7 Å². The number of likely N-dealkylation sites (tertiary alicyclic amines) is 1. The predicted octanol–water partition coefficient (Wildman–Crippen LogP) is 4.59. The van der Waals surface area contributed by atoms with Gasteiger partial charge in [0.15, 0.2) is 0 Å². The van der Waals surface area contributed by atoms with E-state index < -0.39 is 48.4 Å². The van der Waals surface area contributed by atoms with Crippen LogP contribution in [0.4, 0.5) is 0 Å². The first kappa shape index (κ1) is 45.8. The van der Waals surface area contributed by atoms with Gasteiger partial charge in [0.1, 0.15) is 12.1 Å². The summed E-state index contributed by atoms with van der Waals surface area (Å²) in [6, 6.07) is 6.70. The van der Waals surface area contributed by atoms with Crippen LogP contribution in [0.25, 0.3) is 0 Å². The molecule has 52 heavy (non-hydrogen) atoms. The number of amides is 4. The van der Waals surface area contributed by atoms with Gasteiger partial charge in [-0.25, -0.2) is 3.11 Å². The lowest BCUT2D eigenvalue weighted by Crippen LogP contribution is -2.59. The lowest BCUT2D eigenvalue weighted by molar-refractivity contribution is -0.148. The molecule has 0 saturated carbocycles. The molecule has 0 aromatic heterocycles. The molecule has 13 heteroatoms. The maximum atomic E-state index is 14.2. The summed E-state index contributed by atoms with van der Waals surface area (Å²) >= 11 is 2.11. The molecule has 0 spiro atoms. The second-order valence-electron chi connectivity index (χ2n) is 15.2. The summed E-state index contributed by atoms with van der Waals surface area (Å²) in [7, 11) is 6.70. The maximum absolute atomic E-state index is 14.2. The Morgan fingerprint density at radius 3 is 2.06 bits per heavy atom. The molecule has 3 N–H and O–H groups in total. The summed E-state index contributed by atoms with van der Waals surface area (Å²) < 4.78 is 13.8. The quantitative estimate of drug-likeness (QED) is 0.128. The van der Waals surface area contributed by atoms with Crippen molar-refractivity contribution in [2.75, 3.05) is 34.9 Å². The van der Waals surface area contributed by atoms with E-state index in [-0.39, 0.29) is 53.8 Å². The van der Waals surface area contributed by atoms with Gasteiger partial charge in [-0.3, -0.25) is 19.2 Å². The number of carbonyl (C=O) groups is 4. The van der Waals surface area contributed by atoms with Crippen LogP contribution in [0.15, 0.2) is 30.3 Å². The monoisotopic (exact) mass is 843 g/mol. The number of hydrogen-bond donors (Lipinski definition) is 3. The van der Waals surface area contributed by atoms with Crippen molar-refractivity contribution >= 4 is 46.5 Å². The number of rotatable bonds is 20. The van der Waals surface area contributed by atoms with Crippen LogP contribution in [0, 0.1) is 23.7 Å². The average molecular weight is 844 g/mol. The van der Waals surface area contributed by atoms with Crippen LogP contribution in [-0.2, 0) is 28.7 Å². The van der Waals surface area contributed by atoms with E-state index in [4.69, 9.17) is 9.47 Å². The van der Waals surface area contributed by atoms with Gasteiger partial charge < -0.3 is 35.0 Å². The van der Waals surface area contributed by atoms with Gasteiger partial charge in [-0.2, -0.15) is 0 Å². The Balaban J connectivity index is 2.25. The number of nitrogens with zero attached hydrogens (tertiary/aromatic N) is 3. The second-order valence-corrected chi connectivity index (χ2v) is 16.7. The topological polar surface area (TPSA) is 141 Å². The van der Waals surface area contributed by atoms with Crippen LogP contribution < -0.4 is 10.6 Å². The summed E-state index contributed by atoms with van der Waals surface area (Å²) in [6.45, 7) is 15.9. The van der Waals surface area contributed by atoms with Crippen molar-refractivity contribution in [3.8, 4) is 0 Å². The lowest BCUT2D eigenvalue weighted by atomic mass is 9.89. The molecule has 0 radical (unpaired) electrons. The molecule has 1 aliphatic rings. The molecular weight excluding hydrogens is 777 g/mol. The first-order chi connectivity index (χ1) is 24.4. The standard InChI is InChI=1S/C39H66IN5O7/c1-13-25(6)34(43(9)39(50)32(23(2)3)42-38(49)33(24(4)5)44(10)40)30(51-11)22-31(46)45-21-17-20-29(45)36(52-12)26(7)37(48)41-27(8)35(47)28-18-15-14-16-19-28/h14-16,18-19,23-27,29-30,32-36,47H,13,17,20-22H2,1-12H3,(H,41,48)(H,42,49)/t25-,26+,27+,29-,30+,32-,33-,34?,35+,36+/m0/s1. The Hall–Kier alpha value is -2.33. The summed E-state index contributed by atoms with van der Waals surface area (Å²) in [5, 5.41) is 16.8. The van der Waals surface area contributed by atoms with E-state index in [1.165, 1.54) is 0 Å². The van der Waals surface area contributed by atoms with Gasteiger partial charge >= 0.3 is 0 Å². The number of methoxy groups -OCH3 is 2. The van der Waals surface area contributed by atoms with Crippen LogP contribution >= 0.6 is 22.9 Å². The Bertz CT molecular complexity index is 1280. The summed E-state index contributed by atoms with van der Waals surface area (Å²) in [5.74, 6) is -1.59. The van der Waals surface area contributed by atoms with Gasteiger partial charge in [-0.15, -0.1) is 0 Å². The van der Waals surface area contributed by atoms with Crippen LogP contribution in [0.3, 0.4) is 0 Å². The summed E-state index contributed by atoms with van der Waals surface area (Å²) in [4.78, 5) is 58.7. The third-order valence-corrected chi connectivity index (χ3v) is 11.4. The highest BCUT2D eigenvalue weighted by molar-refractivity contribution is 14.1. The SMILES string of the molecule is CC[C@H](C)C([C@@H](CC(=O)N1CCC[C@H]1[C@H](OC)[C@@H](C)C(=O)N[C@H](C)[C@@H](O)c1ccccc1)OC)N(C)C(=O)[C@@H](NC(=O)[C@H](C(C)C)N(C)I)C(C)C. The van der Waals surface area contributed by atoms with Gasteiger partial charge in [0.2, 0.25) is 23.6 Å². The first-order valence-electron chi connectivity index (χ1n) is 18.8. The van der Waals surface area contributed by atoms with Gasteiger partial charge in [0, 0.05) is 50.7 Å². The number of aliphatic hydroxyl groups is 1. The van der Waals surface area contributed by atoms with Crippen molar-refractivity contribution in [3.63, 3.8) is 0 Å². The minimum absolute atomic E-state index is 0.0165. The van der Waals surface area contributed by atoms with Gasteiger partial charge in [0.25, 0.3) is 0 Å². The molecule has 1 aliphatic heterocycles. The zero-order valence-corrected chi connectivity index (χ0v) is 35.6. The number of ether oxygens (including phenoxy) is 2. The zero-order valence-electron chi connectivity index (χ0n) is 33.5. The third-order valence-electron chi connectivity index (χ3n) is 10.8. The molecule has 1 aromatic carbocycles. The molecule has 1 saturated heterocycles. The van der Waals surface area contributed by atoms with Crippen molar-refractivity contribution < 1.29 is 33.8 Å². The number of nitrogens with one attached hydrogen (secondary N) is 2. The van der Waals surface area contributed by atoms with Crippen molar-refractivity contribution in [3.05, 3.63) is 35.9 Å². The van der Waals surface area contributed by atoms with E-state index in [9.17, 15) is 24.3 Å². The lowest BCUT2D eigenvalue weighted by Gasteiger charge is -2.41. The Labute approximate surface area is 326 Å². The Kier molecular flexibility index (Phi) is 19.0. The molecule has 2 rings (SSSR count). The molecule has 0 aliphatic carbocycles. The zero-order chi connectivity index (χ0) is 39.4. The number of benzene rings is 1. The molecule has 12 nitrogen and oxygen atoms in total. The van der Waals surface area contributed by atoms with E-state index in [0.717, 1.165) is 12.8 Å². The van der Waals surface area contributed by atoms with E-state index in [1.807, 2.05) is 82.0 Å². The number of aliphatic hydroxyl groups excluding tert-OH is 1.